The Labute approximate surface area is 141 Å². The predicted octanol–water partition coefficient (Wildman–Crippen LogP) is 1.44. The van der Waals surface area contributed by atoms with E-state index in [1.165, 1.54) is 0 Å². The maximum absolute atomic E-state index is 12.0. The van der Waals surface area contributed by atoms with Gasteiger partial charge >= 0.3 is 0 Å². The smallest absolute Gasteiger partial charge is 0.279 e. The van der Waals surface area contributed by atoms with Gasteiger partial charge in [-0.1, -0.05) is 12.1 Å². The van der Waals surface area contributed by atoms with Crippen LogP contribution in [0.25, 0.3) is 0 Å². The first-order chi connectivity index (χ1) is 11.0. The summed E-state index contributed by atoms with van der Waals surface area (Å²) in [6.07, 6.45) is 1.67. The minimum absolute atomic E-state index is 0.189. The lowest BCUT2D eigenvalue weighted by Crippen LogP contribution is -2.51. The fourth-order valence-electron chi connectivity index (χ4n) is 2.22. The molecule has 6 nitrogen and oxygen atoms in total. The Balaban J connectivity index is 1.67. The first-order valence-electron chi connectivity index (χ1n) is 7.73. The first-order valence-corrected chi connectivity index (χ1v) is 8.14. The lowest BCUT2D eigenvalue weighted by Gasteiger charge is -2.17. The summed E-state index contributed by atoms with van der Waals surface area (Å²) in [7, 11) is 0. The Morgan fingerprint density at radius 1 is 1.48 bits per heavy atom. The number of hydrogen-bond acceptors (Lipinski definition) is 4. The van der Waals surface area contributed by atoms with Crippen LogP contribution in [0.15, 0.2) is 24.3 Å². The molecule has 1 aliphatic heterocycles. The van der Waals surface area contributed by atoms with Crippen LogP contribution < -0.4 is 20.9 Å². The van der Waals surface area contributed by atoms with Gasteiger partial charge in [0, 0.05) is 13.2 Å². The van der Waals surface area contributed by atoms with E-state index in [1.54, 1.807) is 6.92 Å². The van der Waals surface area contributed by atoms with E-state index in [9.17, 15) is 4.79 Å². The summed E-state index contributed by atoms with van der Waals surface area (Å²) in [5, 5.41) is 3.37. The molecular formula is C16H23N3O3S. The van der Waals surface area contributed by atoms with Crippen LogP contribution in [0.4, 0.5) is 0 Å². The minimum atomic E-state index is -0.634. The zero-order valence-corrected chi connectivity index (χ0v) is 14.2. The van der Waals surface area contributed by atoms with Crippen LogP contribution in [-0.4, -0.2) is 36.4 Å². The molecule has 1 aromatic carbocycles. The maximum atomic E-state index is 12.0. The number of carbonyl (C=O) groups excluding carboxylic acids is 1. The van der Waals surface area contributed by atoms with Gasteiger partial charge in [-0.15, -0.1) is 0 Å². The minimum Gasteiger partial charge on any atom is -0.481 e. The number of aryl methyl sites for hydroxylation is 1. The van der Waals surface area contributed by atoms with E-state index < -0.39 is 6.10 Å². The maximum Gasteiger partial charge on any atom is 0.279 e. The number of rotatable bonds is 5. The third-order valence-electron chi connectivity index (χ3n) is 3.49. The lowest BCUT2D eigenvalue weighted by molar-refractivity contribution is -0.127. The fourth-order valence-corrected chi connectivity index (χ4v) is 2.36. The molecular weight excluding hydrogens is 314 g/mol. The molecule has 23 heavy (non-hydrogen) atoms. The molecule has 126 valence electrons. The van der Waals surface area contributed by atoms with Gasteiger partial charge < -0.3 is 14.8 Å². The molecule has 0 radical (unpaired) electrons. The van der Waals surface area contributed by atoms with Gasteiger partial charge in [0.15, 0.2) is 11.2 Å². The highest BCUT2D eigenvalue weighted by Gasteiger charge is 2.17. The Bertz CT molecular complexity index is 547. The highest BCUT2D eigenvalue weighted by Crippen LogP contribution is 2.14. The van der Waals surface area contributed by atoms with Gasteiger partial charge in [-0.2, -0.15) is 0 Å². The van der Waals surface area contributed by atoms with E-state index in [2.05, 4.69) is 16.2 Å². The van der Waals surface area contributed by atoms with Gasteiger partial charge in [0.2, 0.25) is 0 Å². The first kappa shape index (κ1) is 17.5. The fraction of sp³-hybridized carbons (Fsp3) is 0.500. The Kier molecular flexibility index (Phi) is 6.61. The van der Waals surface area contributed by atoms with Crippen molar-refractivity contribution in [3.8, 4) is 5.75 Å². The molecule has 0 bridgehead atoms. The van der Waals surface area contributed by atoms with Gasteiger partial charge in [0.1, 0.15) is 5.75 Å². The van der Waals surface area contributed by atoms with Crippen molar-refractivity contribution >= 4 is 23.2 Å². The van der Waals surface area contributed by atoms with Crippen LogP contribution >= 0.6 is 12.2 Å². The topological polar surface area (TPSA) is 71.6 Å². The van der Waals surface area contributed by atoms with Crippen molar-refractivity contribution < 1.29 is 14.3 Å². The van der Waals surface area contributed by atoms with Crippen molar-refractivity contribution in [3.05, 3.63) is 29.8 Å². The summed E-state index contributed by atoms with van der Waals surface area (Å²) in [5.74, 6) is 0.361. The predicted molar refractivity (Wildman–Crippen MR) is 92.1 cm³/mol. The number of carbonyl (C=O) groups is 1. The van der Waals surface area contributed by atoms with Crippen LogP contribution in [0, 0.1) is 6.92 Å². The molecule has 2 atom stereocenters. The summed E-state index contributed by atoms with van der Waals surface area (Å²) in [6.45, 7) is 5.09. The van der Waals surface area contributed by atoms with Crippen molar-refractivity contribution in [3.63, 3.8) is 0 Å². The Hall–Kier alpha value is -1.86. The van der Waals surface area contributed by atoms with E-state index in [0.717, 1.165) is 25.0 Å². The molecule has 7 heteroatoms. The van der Waals surface area contributed by atoms with Crippen molar-refractivity contribution in [1.82, 2.24) is 16.2 Å². The second-order valence-electron chi connectivity index (χ2n) is 5.54. The Morgan fingerprint density at radius 2 is 2.30 bits per heavy atom. The van der Waals surface area contributed by atoms with Gasteiger partial charge in [-0.05, 0) is 56.6 Å². The largest absolute Gasteiger partial charge is 0.481 e. The highest BCUT2D eigenvalue weighted by molar-refractivity contribution is 7.80. The van der Waals surface area contributed by atoms with E-state index >= 15 is 0 Å². The summed E-state index contributed by atoms with van der Waals surface area (Å²) in [6, 6.07) is 7.55. The second kappa shape index (κ2) is 8.69. The molecule has 1 saturated heterocycles. The van der Waals surface area contributed by atoms with E-state index in [0.29, 0.717) is 17.4 Å². The lowest BCUT2D eigenvalue weighted by atomic mass is 10.2. The summed E-state index contributed by atoms with van der Waals surface area (Å²) in [5.41, 5.74) is 6.28. The molecule has 3 N–H and O–H groups in total. The number of amides is 1. The standard InChI is InChI=1S/C16H23N3O3S/c1-11-5-3-6-13(9-11)22-12(2)15(20)18-19-16(23)17-10-14-7-4-8-21-14/h3,5-6,9,12,14H,4,7-8,10H2,1-2H3,(H,18,20)(H2,17,19,23)/t12-,14-/m0/s1. The van der Waals surface area contributed by atoms with Crippen LogP contribution in [0.3, 0.4) is 0 Å². The molecule has 1 amide bonds. The van der Waals surface area contributed by atoms with Crippen molar-refractivity contribution in [2.24, 2.45) is 0 Å². The molecule has 1 aliphatic rings. The Morgan fingerprint density at radius 3 is 3.00 bits per heavy atom. The van der Waals surface area contributed by atoms with Gasteiger partial charge in [0.05, 0.1) is 6.10 Å². The molecule has 0 unspecified atom stereocenters. The van der Waals surface area contributed by atoms with Gasteiger partial charge in [0.25, 0.3) is 5.91 Å². The molecule has 0 aromatic heterocycles. The third kappa shape index (κ3) is 6.03. The SMILES string of the molecule is Cc1cccc(O[C@@H](C)C(=O)NNC(=S)NC[C@@H]2CCCO2)c1. The number of benzene rings is 1. The number of hydrazine groups is 1. The van der Waals surface area contributed by atoms with Crippen LogP contribution in [0.1, 0.15) is 25.3 Å². The van der Waals surface area contributed by atoms with Crippen molar-refractivity contribution in [2.45, 2.75) is 38.9 Å². The summed E-state index contributed by atoms with van der Waals surface area (Å²) < 4.78 is 11.1. The molecule has 1 fully saturated rings. The van der Waals surface area contributed by atoms with Gasteiger partial charge in [-0.3, -0.25) is 15.6 Å². The quantitative estimate of drug-likeness (QED) is 0.558. The second-order valence-corrected chi connectivity index (χ2v) is 5.94. The highest BCUT2D eigenvalue weighted by atomic mass is 32.1. The number of hydrogen-bond donors (Lipinski definition) is 3. The average Bonchev–Trinajstić information content (AvgIpc) is 3.04. The number of ether oxygens (including phenoxy) is 2. The van der Waals surface area contributed by atoms with Crippen molar-refractivity contribution in [1.29, 1.82) is 0 Å². The van der Waals surface area contributed by atoms with E-state index in [4.69, 9.17) is 21.7 Å². The molecule has 1 aromatic rings. The van der Waals surface area contributed by atoms with E-state index in [-0.39, 0.29) is 12.0 Å². The van der Waals surface area contributed by atoms with Crippen LogP contribution in [0.5, 0.6) is 5.75 Å². The molecule has 1 heterocycles. The zero-order chi connectivity index (χ0) is 16.7. The zero-order valence-electron chi connectivity index (χ0n) is 13.4. The molecule has 0 saturated carbocycles. The third-order valence-corrected chi connectivity index (χ3v) is 3.73. The van der Waals surface area contributed by atoms with Crippen LogP contribution in [-0.2, 0) is 9.53 Å². The molecule has 0 spiro atoms. The number of nitrogens with one attached hydrogen (secondary N) is 3. The van der Waals surface area contributed by atoms with Crippen molar-refractivity contribution in [2.75, 3.05) is 13.2 Å². The normalized spacial score (nSPS) is 18.1. The summed E-state index contributed by atoms with van der Waals surface area (Å²) >= 11 is 5.11. The average molecular weight is 337 g/mol. The molecule has 2 rings (SSSR count). The van der Waals surface area contributed by atoms with E-state index in [1.807, 2.05) is 31.2 Å². The van der Waals surface area contributed by atoms with Gasteiger partial charge in [-0.25, -0.2) is 0 Å². The number of thiocarbonyl (C=S) groups is 1. The van der Waals surface area contributed by atoms with Crippen LogP contribution in [0.2, 0.25) is 0 Å². The monoisotopic (exact) mass is 337 g/mol. The molecule has 0 aliphatic carbocycles. The summed E-state index contributed by atoms with van der Waals surface area (Å²) in [4.78, 5) is 12.0.